The van der Waals surface area contributed by atoms with Gasteiger partial charge in [0.25, 0.3) is 0 Å². The number of imidazole rings is 2. The third kappa shape index (κ3) is 7.04. The predicted octanol–water partition coefficient (Wildman–Crippen LogP) is 5.76. The smallest absolute Gasteiger partial charge is 0.407 e. The van der Waals surface area contributed by atoms with Gasteiger partial charge in [-0.1, -0.05) is 62.4 Å². The van der Waals surface area contributed by atoms with Gasteiger partial charge in [0, 0.05) is 13.1 Å². The standard InChI is InChI=1S/C39H48N8O5/c1-24(2)39(5,45-37(51)52-6)36(50)47-20-8-10-32(47)34-41-22-30(44-34)28-17-13-26(14-18-28)25-11-15-27(16-12-25)29-21-40-33(43-29)31-9-7-19-46(31)35(49)38(3,4)42-23-48/h11-18,21-24,31-32H,7-10,19-20H2,1-6H3,(H,40,43)(H,41,44)(H,42,48)(H,45,51)/t31-,32-,39?/m0/s1. The number of carbonyl (C=O) groups is 4. The first-order chi connectivity index (χ1) is 24.9. The second-order valence-corrected chi connectivity index (χ2v) is 14.7. The highest BCUT2D eigenvalue weighted by Gasteiger charge is 2.45. The molecule has 4 N–H and O–H groups in total. The molecular weight excluding hydrogens is 660 g/mol. The van der Waals surface area contributed by atoms with Crippen molar-refractivity contribution in [3.8, 4) is 33.6 Å². The van der Waals surface area contributed by atoms with Crippen molar-refractivity contribution >= 4 is 24.3 Å². The normalized spacial score (nSPS) is 18.7. The topological polar surface area (TPSA) is 165 Å². The summed E-state index contributed by atoms with van der Waals surface area (Å²) in [5, 5.41) is 5.40. The number of benzene rings is 2. The van der Waals surface area contributed by atoms with Crippen molar-refractivity contribution in [1.29, 1.82) is 0 Å². The molecular formula is C39H48N8O5. The lowest BCUT2D eigenvalue weighted by molar-refractivity contribution is -0.140. The van der Waals surface area contributed by atoms with Crippen LogP contribution in [0.5, 0.6) is 0 Å². The van der Waals surface area contributed by atoms with Crippen LogP contribution in [0.2, 0.25) is 0 Å². The van der Waals surface area contributed by atoms with E-state index in [1.165, 1.54) is 7.11 Å². The van der Waals surface area contributed by atoms with E-state index >= 15 is 0 Å². The summed E-state index contributed by atoms with van der Waals surface area (Å²) in [6.07, 6.45) is 6.82. The molecule has 4 aromatic rings. The van der Waals surface area contributed by atoms with Crippen LogP contribution < -0.4 is 10.6 Å². The SMILES string of the molecule is COC(=O)NC(C)(C(=O)N1CCC[C@H]1c1ncc(-c2ccc(-c3ccc(-c4cnc([C@@H]5CCCN5C(=O)C(C)(C)NC=O)[nH]4)cc3)cc2)[nH]1)C(C)C. The van der Waals surface area contributed by atoms with Crippen LogP contribution in [-0.4, -0.2) is 85.3 Å². The van der Waals surface area contributed by atoms with Crippen molar-refractivity contribution in [2.45, 2.75) is 83.5 Å². The molecule has 4 heterocycles. The highest BCUT2D eigenvalue weighted by atomic mass is 16.5. The van der Waals surface area contributed by atoms with Crippen LogP contribution in [0, 0.1) is 5.92 Å². The Hall–Kier alpha value is -5.46. The number of carbonyl (C=O) groups excluding carboxylic acids is 4. The monoisotopic (exact) mass is 708 g/mol. The Morgan fingerprint density at radius 1 is 0.788 bits per heavy atom. The van der Waals surface area contributed by atoms with Gasteiger partial charge in [-0.15, -0.1) is 0 Å². The maximum Gasteiger partial charge on any atom is 0.407 e. The van der Waals surface area contributed by atoms with Gasteiger partial charge >= 0.3 is 6.09 Å². The number of aromatic amines is 2. The largest absolute Gasteiger partial charge is 0.453 e. The molecule has 1 unspecified atom stereocenters. The molecule has 0 radical (unpaired) electrons. The van der Waals surface area contributed by atoms with Crippen LogP contribution in [0.1, 0.15) is 84.0 Å². The van der Waals surface area contributed by atoms with Gasteiger partial charge in [-0.25, -0.2) is 14.8 Å². The minimum atomic E-state index is -1.12. The van der Waals surface area contributed by atoms with Crippen molar-refractivity contribution in [1.82, 2.24) is 40.4 Å². The zero-order valence-electron chi connectivity index (χ0n) is 30.7. The van der Waals surface area contributed by atoms with E-state index in [0.29, 0.717) is 19.5 Å². The molecule has 13 nitrogen and oxygen atoms in total. The van der Waals surface area contributed by atoms with Crippen molar-refractivity contribution in [3.63, 3.8) is 0 Å². The van der Waals surface area contributed by atoms with E-state index in [9.17, 15) is 19.2 Å². The summed E-state index contributed by atoms with van der Waals surface area (Å²) in [4.78, 5) is 70.0. The molecule has 4 amide bonds. The van der Waals surface area contributed by atoms with Gasteiger partial charge in [-0.2, -0.15) is 0 Å². The highest BCUT2D eigenvalue weighted by molar-refractivity contribution is 5.90. The number of nitrogens with one attached hydrogen (secondary N) is 4. The molecule has 0 bridgehead atoms. The van der Waals surface area contributed by atoms with Crippen LogP contribution in [0.3, 0.4) is 0 Å². The summed E-state index contributed by atoms with van der Waals surface area (Å²) in [5.41, 5.74) is 3.70. The maximum atomic E-state index is 13.8. The predicted molar refractivity (Wildman–Crippen MR) is 196 cm³/mol. The zero-order valence-corrected chi connectivity index (χ0v) is 30.7. The van der Waals surface area contributed by atoms with Crippen LogP contribution >= 0.6 is 0 Å². The molecule has 0 saturated carbocycles. The molecule has 2 aromatic heterocycles. The van der Waals surface area contributed by atoms with Gasteiger partial charge < -0.3 is 35.1 Å². The number of rotatable bonds is 11. The van der Waals surface area contributed by atoms with E-state index in [-0.39, 0.29) is 29.8 Å². The molecule has 6 rings (SSSR count). The molecule has 274 valence electrons. The first-order valence-electron chi connectivity index (χ1n) is 17.9. The number of aromatic nitrogens is 4. The number of nitrogens with zero attached hydrogens (tertiary/aromatic N) is 4. The number of hydrogen-bond acceptors (Lipinski definition) is 7. The van der Waals surface area contributed by atoms with Crippen LogP contribution in [0.25, 0.3) is 33.6 Å². The first kappa shape index (κ1) is 36.3. The van der Waals surface area contributed by atoms with Crippen molar-refractivity contribution in [2.75, 3.05) is 20.2 Å². The lowest BCUT2D eigenvalue weighted by atomic mass is 9.86. The summed E-state index contributed by atoms with van der Waals surface area (Å²) < 4.78 is 4.81. The van der Waals surface area contributed by atoms with Gasteiger partial charge in [-0.05, 0) is 74.6 Å². The first-order valence-corrected chi connectivity index (χ1v) is 17.9. The van der Waals surface area contributed by atoms with Gasteiger partial charge in [0.15, 0.2) is 0 Å². The number of likely N-dealkylation sites (tertiary alicyclic amines) is 2. The van der Waals surface area contributed by atoms with Crippen LogP contribution in [-0.2, 0) is 19.1 Å². The second-order valence-electron chi connectivity index (χ2n) is 14.7. The van der Waals surface area contributed by atoms with E-state index in [1.807, 2.05) is 18.7 Å². The average Bonchev–Trinajstić information content (AvgIpc) is 3.97. The lowest BCUT2D eigenvalue weighted by Gasteiger charge is -2.37. The van der Waals surface area contributed by atoms with Crippen LogP contribution in [0.4, 0.5) is 4.79 Å². The Morgan fingerprint density at radius 2 is 1.23 bits per heavy atom. The molecule has 2 saturated heterocycles. The number of ether oxygens (including phenoxy) is 1. The third-order valence-electron chi connectivity index (χ3n) is 10.7. The summed E-state index contributed by atoms with van der Waals surface area (Å²) in [6, 6.07) is 16.1. The molecule has 3 atom stereocenters. The van der Waals surface area contributed by atoms with Crippen molar-refractivity contribution in [2.24, 2.45) is 5.92 Å². The molecule has 2 fully saturated rings. The number of amides is 4. The fourth-order valence-corrected chi connectivity index (χ4v) is 7.15. The number of alkyl carbamates (subject to hydrolysis) is 1. The molecule has 0 spiro atoms. The van der Waals surface area contributed by atoms with E-state index in [1.54, 1.807) is 38.1 Å². The second kappa shape index (κ2) is 14.6. The molecule has 2 aliphatic heterocycles. The molecule has 13 heteroatoms. The third-order valence-corrected chi connectivity index (χ3v) is 10.7. The van der Waals surface area contributed by atoms with Gasteiger partial charge in [-0.3, -0.25) is 14.4 Å². The van der Waals surface area contributed by atoms with Crippen molar-refractivity contribution in [3.05, 3.63) is 72.6 Å². The molecule has 52 heavy (non-hydrogen) atoms. The number of hydrogen-bond donors (Lipinski definition) is 4. The Labute approximate surface area is 303 Å². The van der Waals surface area contributed by atoms with Gasteiger partial charge in [0.1, 0.15) is 22.7 Å². The minimum Gasteiger partial charge on any atom is -0.453 e. The maximum absolute atomic E-state index is 13.8. The van der Waals surface area contributed by atoms with Crippen molar-refractivity contribution < 1.29 is 23.9 Å². The number of H-pyrrole nitrogens is 2. The van der Waals surface area contributed by atoms with E-state index in [2.05, 4.69) is 79.1 Å². The van der Waals surface area contributed by atoms with Gasteiger partial charge in [0.2, 0.25) is 18.2 Å². The summed E-state index contributed by atoms with van der Waals surface area (Å²) in [6.45, 7) is 10.2. The molecule has 0 aliphatic carbocycles. The van der Waals surface area contributed by atoms with Crippen LogP contribution in [0.15, 0.2) is 60.9 Å². The Bertz CT molecular complexity index is 1910. The Kier molecular flexibility index (Phi) is 10.2. The summed E-state index contributed by atoms with van der Waals surface area (Å²) in [5.74, 6) is 1.02. The fourth-order valence-electron chi connectivity index (χ4n) is 7.15. The highest BCUT2D eigenvalue weighted by Crippen LogP contribution is 2.36. The number of methoxy groups -OCH3 is 1. The molecule has 2 aromatic carbocycles. The Morgan fingerprint density at radius 3 is 1.65 bits per heavy atom. The molecule has 2 aliphatic rings. The summed E-state index contributed by atoms with van der Waals surface area (Å²) in [7, 11) is 1.29. The fraction of sp³-hybridized carbons (Fsp3) is 0.436. The minimum absolute atomic E-state index is 0.128. The van der Waals surface area contributed by atoms with E-state index in [4.69, 9.17) is 4.74 Å². The van der Waals surface area contributed by atoms with E-state index < -0.39 is 17.2 Å². The Balaban J connectivity index is 1.12. The summed E-state index contributed by atoms with van der Waals surface area (Å²) >= 11 is 0. The quantitative estimate of drug-likeness (QED) is 0.144. The lowest BCUT2D eigenvalue weighted by Crippen LogP contribution is -2.60. The zero-order chi connectivity index (χ0) is 37.2. The average molecular weight is 709 g/mol. The van der Waals surface area contributed by atoms with Gasteiger partial charge in [0.05, 0.1) is 43.0 Å². The van der Waals surface area contributed by atoms with E-state index in [0.717, 1.165) is 71.0 Å².